The highest BCUT2D eigenvalue weighted by Gasteiger charge is 2.19. The van der Waals surface area contributed by atoms with Crippen LogP contribution in [0.15, 0.2) is 48.5 Å². The molecule has 0 aliphatic rings. The first-order valence-electron chi connectivity index (χ1n) is 6.31. The molecule has 2 aromatic rings. The van der Waals surface area contributed by atoms with Crippen LogP contribution in [0.1, 0.15) is 24.2 Å². The molecule has 0 aliphatic carbocycles. The highest BCUT2D eigenvalue weighted by atomic mass is 35.5. The molecule has 19 heavy (non-hydrogen) atoms. The Morgan fingerprint density at radius 3 is 2.47 bits per heavy atom. The first kappa shape index (κ1) is 13.9. The van der Waals surface area contributed by atoms with E-state index in [4.69, 9.17) is 22.1 Å². The Morgan fingerprint density at radius 2 is 1.84 bits per heavy atom. The van der Waals surface area contributed by atoms with Gasteiger partial charge >= 0.3 is 0 Å². The number of rotatable bonds is 4. The van der Waals surface area contributed by atoms with E-state index in [0.29, 0.717) is 10.8 Å². The average molecular weight is 276 g/mol. The second-order valence-electron chi connectivity index (χ2n) is 4.74. The van der Waals surface area contributed by atoms with Crippen molar-refractivity contribution in [1.82, 2.24) is 0 Å². The van der Waals surface area contributed by atoms with Crippen LogP contribution >= 0.6 is 11.6 Å². The van der Waals surface area contributed by atoms with E-state index < -0.39 is 0 Å². The molecule has 2 unspecified atom stereocenters. The molecule has 2 atom stereocenters. The molecule has 100 valence electrons. The smallest absolute Gasteiger partial charge is 0.139 e. The van der Waals surface area contributed by atoms with Crippen LogP contribution in [0.2, 0.25) is 5.02 Å². The van der Waals surface area contributed by atoms with Crippen LogP contribution in [0.4, 0.5) is 0 Å². The lowest BCUT2D eigenvalue weighted by Crippen LogP contribution is -2.29. The molecule has 0 heterocycles. The second-order valence-corrected chi connectivity index (χ2v) is 5.15. The summed E-state index contributed by atoms with van der Waals surface area (Å²) in [6.45, 7) is 3.99. The van der Waals surface area contributed by atoms with Crippen molar-refractivity contribution in [2.45, 2.75) is 26.0 Å². The van der Waals surface area contributed by atoms with E-state index in [1.165, 1.54) is 5.56 Å². The SMILES string of the molecule is Cc1cccc(C(Oc2ccccc2Cl)C(C)N)c1. The van der Waals surface area contributed by atoms with Crippen LogP contribution in [0.5, 0.6) is 5.75 Å². The lowest BCUT2D eigenvalue weighted by molar-refractivity contribution is 0.180. The first-order chi connectivity index (χ1) is 9.08. The number of halogens is 1. The van der Waals surface area contributed by atoms with Crippen LogP contribution in [0.3, 0.4) is 0 Å². The van der Waals surface area contributed by atoms with E-state index in [2.05, 4.69) is 19.1 Å². The summed E-state index contributed by atoms with van der Waals surface area (Å²) < 4.78 is 5.99. The van der Waals surface area contributed by atoms with Gasteiger partial charge in [-0.2, -0.15) is 0 Å². The third kappa shape index (κ3) is 3.49. The summed E-state index contributed by atoms with van der Waals surface area (Å²) >= 11 is 6.13. The van der Waals surface area contributed by atoms with Crippen molar-refractivity contribution in [2.24, 2.45) is 5.73 Å². The molecule has 0 amide bonds. The second kappa shape index (κ2) is 6.09. The van der Waals surface area contributed by atoms with E-state index in [0.717, 1.165) is 5.56 Å². The van der Waals surface area contributed by atoms with E-state index in [-0.39, 0.29) is 12.1 Å². The zero-order valence-electron chi connectivity index (χ0n) is 11.1. The minimum Gasteiger partial charge on any atom is -0.483 e. The molecule has 0 radical (unpaired) electrons. The summed E-state index contributed by atoms with van der Waals surface area (Å²) in [5.41, 5.74) is 8.30. The van der Waals surface area contributed by atoms with Gasteiger partial charge in [0.05, 0.1) is 5.02 Å². The molecular formula is C16H18ClNO. The fourth-order valence-corrected chi connectivity index (χ4v) is 2.18. The largest absolute Gasteiger partial charge is 0.483 e. The Morgan fingerprint density at radius 1 is 1.11 bits per heavy atom. The van der Waals surface area contributed by atoms with Gasteiger partial charge in [-0.3, -0.25) is 0 Å². The van der Waals surface area contributed by atoms with Gasteiger partial charge in [-0.05, 0) is 31.5 Å². The van der Waals surface area contributed by atoms with Gasteiger partial charge in [0.25, 0.3) is 0 Å². The molecule has 0 bridgehead atoms. The standard InChI is InChI=1S/C16H18ClNO/c1-11-6-5-7-13(10-11)16(12(2)18)19-15-9-4-3-8-14(15)17/h3-10,12,16H,18H2,1-2H3. The molecule has 2 nitrogen and oxygen atoms in total. The molecule has 2 rings (SSSR count). The fourth-order valence-electron chi connectivity index (χ4n) is 2.00. The molecule has 0 spiro atoms. The van der Waals surface area contributed by atoms with Gasteiger partial charge in [-0.25, -0.2) is 0 Å². The quantitative estimate of drug-likeness (QED) is 0.911. The topological polar surface area (TPSA) is 35.2 Å². The van der Waals surface area contributed by atoms with Crippen molar-refractivity contribution in [3.8, 4) is 5.75 Å². The van der Waals surface area contributed by atoms with Crippen molar-refractivity contribution in [3.05, 3.63) is 64.7 Å². The third-order valence-electron chi connectivity index (χ3n) is 2.94. The number of aryl methyl sites for hydroxylation is 1. The molecule has 0 saturated carbocycles. The van der Waals surface area contributed by atoms with Crippen LogP contribution < -0.4 is 10.5 Å². The van der Waals surface area contributed by atoms with Crippen molar-refractivity contribution in [3.63, 3.8) is 0 Å². The van der Waals surface area contributed by atoms with Gasteiger partial charge in [-0.15, -0.1) is 0 Å². The van der Waals surface area contributed by atoms with Gasteiger partial charge < -0.3 is 10.5 Å². The van der Waals surface area contributed by atoms with E-state index >= 15 is 0 Å². The summed E-state index contributed by atoms with van der Waals surface area (Å²) in [4.78, 5) is 0. The maximum absolute atomic E-state index is 6.13. The number of hydrogen-bond donors (Lipinski definition) is 1. The Balaban J connectivity index is 2.29. The van der Waals surface area contributed by atoms with E-state index in [1.807, 2.05) is 43.3 Å². The molecule has 2 N–H and O–H groups in total. The normalized spacial score (nSPS) is 13.9. The molecule has 2 aromatic carbocycles. The van der Waals surface area contributed by atoms with Gasteiger partial charge in [0.15, 0.2) is 0 Å². The summed E-state index contributed by atoms with van der Waals surface area (Å²) in [6, 6.07) is 15.5. The Labute approximate surface area is 119 Å². The van der Waals surface area contributed by atoms with Gasteiger partial charge in [0.2, 0.25) is 0 Å². The van der Waals surface area contributed by atoms with E-state index in [9.17, 15) is 0 Å². The van der Waals surface area contributed by atoms with Crippen molar-refractivity contribution < 1.29 is 4.74 Å². The molecule has 0 aromatic heterocycles. The summed E-state index contributed by atoms with van der Waals surface area (Å²) in [6.07, 6.45) is -0.209. The van der Waals surface area contributed by atoms with Gasteiger partial charge in [-0.1, -0.05) is 53.6 Å². The van der Waals surface area contributed by atoms with Gasteiger partial charge in [0, 0.05) is 6.04 Å². The monoisotopic (exact) mass is 275 g/mol. The predicted octanol–water partition coefficient (Wildman–Crippen LogP) is 4.12. The number of nitrogens with two attached hydrogens (primary N) is 1. The first-order valence-corrected chi connectivity index (χ1v) is 6.69. The third-order valence-corrected chi connectivity index (χ3v) is 3.25. The zero-order valence-corrected chi connectivity index (χ0v) is 11.9. The Kier molecular flexibility index (Phi) is 4.46. The highest BCUT2D eigenvalue weighted by molar-refractivity contribution is 6.32. The van der Waals surface area contributed by atoms with Gasteiger partial charge in [0.1, 0.15) is 11.9 Å². The number of hydrogen-bond acceptors (Lipinski definition) is 2. The molecule has 0 saturated heterocycles. The Hall–Kier alpha value is -1.51. The molecular weight excluding hydrogens is 258 g/mol. The Bertz CT molecular complexity index is 554. The van der Waals surface area contributed by atoms with Crippen LogP contribution in [0, 0.1) is 6.92 Å². The molecule has 3 heteroatoms. The van der Waals surface area contributed by atoms with Crippen LogP contribution in [-0.2, 0) is 0 Å². The molecule has 0 fully saturated rings. The van der Waals surface area contributed by atoms with Crippen LogP contribution in [-0.4, -0.2) is 6.04 Å². The number of ether oxygens (including phenoxy) is 1. The lowest BCUT2D eigenvalue weighted by Gasteiger charge is -2.23. The number of para-hydroxylation sites is 1. The zero-order chi connectivity index (χ0) is 13.8. The summed E-state index contributed by atoms with van der Waals surface area (Å²) in [7, 11) is 0. The highest BCUT2D eigenvalue weighted by Crippen LogP contribution is 2.30. The minimum atomic E-state index is -0.209. The number of benzene rings is 2. The summed E-state index contributed by atoms with van der Waals surface area (Å²) in [5.74, 6) is 0.660. The summed E-state index contributed by atoms with van der Waals surface area (Å²) in [5, 5.41) is 0.598. The van der Waals surface area contributed by atoms with E-state index in [1.54, 1.807) is 0 Å². The maximum atomic E-state index is 6.13. The minimum absolute atomic E-state index is 0.127. The van der Waals surface area contributed by atoms with Crippen molar-refractivity contribution in [2.75, 3.05) is 0 Å². The average Bonchev–Trinajstić information content (AvgIpc) is 2.37. The fraction of sp³-hybridized carbons (Fsp3) is 0.250. The lowest BCUT2D eigenvalue weighted by atomic mass is 10.0. The van der Waals surface area contributed by atoms with Crippen LogP contribution in [0.25, 0.3) is 0 Å². The predicted molar refractivity (Wildman–Crippen MR) is 79.6 cm³/mol. The maximum Gasteiger partial charge on any atom is 0.139 e. The van der Waals surface area contributed by atoms with Crippen molar-refractivity contribution >= 4 is 11.6 Å². The molecule has 0 aliphatic heterocycles. The van der Waals surface area contributed by atoms with Crippen molar-refractivity contribution in [1.29, 1.82) is 0 Å².